The molecule has 2 aromatic rings. The van der Waals surface area contributed by atoms with Gasteiger partial charge < -0.3 is 10.4 Å². The first-order valence-electron chi connectivity index (χ1n) is 6.23. The summed E-state index contributed by atoms with van der Waals surface area (Å²) in [5.74, 6) is -0.235. The van der Waals surface area contributed by atoms with E-state index in [-0.39, 0.29) is 24.5 Å². The Hall–Kier alpha value is -0.810. The van der Waals surface area contributed by atoms with E-state index in [0.717, 1.165) is 10.1 Å². The molecule has 0 saturated heterocycles. The van der Waals surface area contributed by atoms with Crippen LogP contribution in [-0.2, 0) is 0 Å². The topological polar surface area (TPSA) is 49.3 Å². The van der Waals surface area contributed by atoms with Crippen LogP contribution >= 0.6 is 34.5 Å². The second-order valence-corrected chi connectivity index (χ2v) is 6.67. The average Bonchev–Trinajstić information content (AvgIpc) is 2.74. The fourth-order valence-electron chi connectivity index (χ4n) is 1.76. The van der Waals surface area contributed by atoms with Crippen molar-refractivity contribution in [1.82, 2.24) is 5.32 Å². The number of aliphatic hydroxyl groups excluding tert-OH is 1. The third kappa shape index (κ3) is 3.09. The lowest BCUT2D eigenvalue weighted by Crippen LogP contribution is -2.38. The smallest absolute Gasteiger partial charge is 0.263 e. The van der Waals surface area contributed by atoms with Crippen LogP contribution in [0.3, 0.4) is 0 Å². The van der Waals surface area contributed by atoms with Crippen molar-refractivity contribution in [3.63, 3.8) is 0 Å². The molecule has 2 rings (SSSR count). The predicted molar refractivity (Wildman–Crippen MR) is 85.0 cm³/mol. The minimum atomic E-state index is -0.222. The number of fused-ring (bicyclic) bond motifs is 1. The zero-order valence-electron chi connectivity index (χ0n) is 11.1. The van der Waals surface area contributed by atoms with E-state index in [4.69, 9.17) is 28.3 Å². The number of hydrogen-bond donors (Lipinski definition) is 2. The molecule has 0 radical (unpaired) electrons. The number of halogens is 2. The summed E-state index contributed by atoms with van der Waals surface area (Å²) in [6.45, 7) is 3.76. The van der Waals surface area contributed by atoms with Crippen molar-refractivity contribution >= 4 is 50.5 Å². The Morgan fingerprint density at radius 1 is 1.40 bits per heavy atom. The van der Waals surface area contributed by atoms with Crippen LogP contribution in [0.2, 0.25) is 10.0 Å². The fraction of sp³-hybridized carbons (Fsp3) is 0.357. The summed E-state index contributed by atoms with van der Waals surface area (Å²) >= 11 is 13.5. The van der Waals surface area contributed by atoms with Crippen LogP contribution in [0.15, 0.2) is 18.2 Å². The van der Waals surface area contributed by atoms with E-state index in [2.05, 4.69) is 5.32 Å². The lowest BCUT2D eigenvalue weighted by atomic mass is 10.1. The molecule has 0 aliphatic rings. The van der Waals surface area contributed by atoms with Crippen molar-refractivity contribution in [2.24, 2.45) is 5.92 Å². The Morgan fingerprint density at radius 2 is 2.10 bits per heavy atom. The van der Waals surface area contributed by atoms with Gasteiger partial charge in [0.1, 0.15) is 4.88 Å². The monoisotopic (exact) mass is 331 g/mol. The molecule has 2 unspecified atom stereocenters. The summed E-state index contributed by atoms with van der Waals surface area (Å²) in [5.41, 5.74) is 0. The van der Waals surface area contributed by atoms with Crippen LogP contribution in [0.1, 0.15) is 23.5 Å². The standard InChI is InChI=1S/C14H15Cl2NO2S/c1-7(6-18)8(2)17-14(19)13-12(16)10-4-3-9(15)5-11(10)20-13/h3-5,7-8,18H,6H2,1-2H3,(H,17,19). The summed E-state index contributed by atoms with van der Waals surface area (Å²) in [6.07, 6.45) is 0. The molecule has 108 valence electrons. The Morgan fingerprint density at radius 3 is 2.75 bits per heavy atom. The predicted octanol–water partition coefficient (Wildman–Crippen LogP) is 3.95. The second kappa shape index (κ2) is 6.31. The number of carbonyl (C=O) groups excluding carboxylic acids is 1. The quantitative estimate of drug-likeness (QED) is 0.890. The van der Waals surface area contributed by atoms with Crippen molar-refractivity contribution in [2.45, 2.75) is 19.9 Å². The highest BCUT2D eigenvalue weighted by molar-refractivity contribution is 7.21. The molecule has 0 spiro atoms. The summed E-state index contributed by atoms with van der Waals surface area (Å²) < 4.78 is 0.885. The van der Waals surface area contributed by atoms with Gasteiger partial charge in [-0.25, -0.2) is 0 Å². The van der Waals surface area contributed by atoms with Gasteiger partial charge in [0.05, 0.1) is 5.02 Å². The maximum Gasteiger partial charge on any atom is 0.263 e. The molecular formula is C14H15Cl2NO2S. The molecule has 0 aliphatic heterocycles. The van der Waals surface area contributed by atoms with Gasteiger partial charge in [0.2, 0.25) is 0 Å². The zero-order valence-corrected chi connectivity index (χ0v) is 13.4. The number of rotatable bonds is 4. The molecule has 20 heavy (non-hydrogen) atoms. The Balaban J connectivity index is 2.28. The van der Waals surface area contributed by atoms with Gasteiger partial charge in [-0.2, -0.15) is 0 Å². The zero-order chi connectivity index (χ0) is 14.9. The third-order valence-electron chi connectivity index (χ3n) is 3.30. The van der Waals surface area contributed by atoms with Crippen molar-refractivity contribution in [1.29, 1.82) is 0 Å². The van der Waals surface area contributed by atoms with Crippen molar-refractivity contribution in [3.8, 4) is 0 Å². The van der Waals surface area contributed by atoms with E-state index in [1.165, 1.54) is 11.3 Å². The van der Waals surface area contributed by atoms with Gasteiger partial charge in [-0.3, -0.25) is 4.79 Å². The average molecular weight is 332 g/mol. The number of amides is 1. The molecule has 0 aliphatic carbocycles. The first kappa shape index (κ1) is 15.6. The Kier molecular flexibility index (Phi) is 4.91. The van der Waals surface area contributed by atoms with Gasteiger partial charge >= 0.3 is 0 Å². The maximum absolute atomic E-state index is 12.3. The SMILES string of the molecule is CC(CO)C(C)NC(=O)c1sc2cc(Cl)ccc2c1Cl. The minimum absolute atomic E-state index is 0.0125. The summed E-state index contributed by atoms with van der Waals surface area (Å²) in [6, 6.07) is 5.23. The fourth-order valence-corrected chi connectivity index (χ4v) is 3.45. The molecule has 1 heterocycles. The van der Waals surface area contributed by atoms with Crippen molar-refractivity contribution in [2.75, 3.05) is 6.61 Å². The molecule has 1 aromatic heterocycles. The number of carbonyl (C=O) groups is 1. The van der Waals surface area contributed by atoms with Gasteiger partial charge in [-0.05, 0) is 25.0 Å². The molecule has 2 atom stereocenters. The van der Waals surface area contributed by atoms with Crippen LogP contribution in [0, 0.1) is 5.92 Å². The molecular weight excluding hydrogens is 317 g/mol. The highest BCUT2D eigenvalue weighted by Crippen LogP contribution is 2.36. The lowest BCUT2D eigenvalue weighted by molar-refractivity contribution is 0.0920. The molecule has 2 N–H and O–H groups in total. The van der Waals surface area contributed by atoms with Crippen LogP contribution in [0.5, 0.6) is 0 Å². The Labute approximate surface area is 131 Å². The molecule has 0 fully saturated rings. The highest BCUT2D eigenvalue weighted by Gasteiger charge is 2.20. The number of thiophene rings is 1. The largest absolute Gasteiger partial charge is 0.396 e. The van der Waals surface area contributed by atoms with E-state index < -0.39 is 0 Å². The van der Waals surface area contributed by atoms with Crippen LogP contribution in [0.4, 0.5) is 0 Å². The summed E-state index contributed by atoms with van der Waals surface area (Å²) in [4.78, 5) is 12.7. The number of benzene rings is 1. The molecule has 6 heteroatoms. The Bertz CT molecular complexity index is 641. The lowest BCUT2D eigenvalue weighted by Gasteiger charge is -2.18. The van der Waals surface area contributed by atoms with Gasteiger partial charge in [0.25, 0.3) is 5.91 Å². The summed E-state index contributed by atoms with van der Waals surface area (Å²) in [5, 5.41) is 13.8. The molecule has 1 amide bonds. The number of aliphatic hydroxyl groups is 1. The molecule has 1 aromatic carbocycles. The van der Waals surface area contributed by atoms with Crippen LogP contribution in [-0.4, -0.2) is 23.7 Å². The van der Waals surface area contributed by atoms with Crippen molar-refractivity contribution < 1.29 is 9.90 Å². The summed E-state index contributed by atoms with van der Waals surface area (Å²) in [7, 11) is 0. The van der Waals surface area contributed by atoms with E-state index in [9.17, 15) is 4.79 Å². The van der Waals surface area contributed by atoms with Gasteiger partial charge in [-0.15, -0.1) is 11.3 Å². The van der Waals surface area contributed by atoms with Crippen LogP contribution < -0.4 is 5.32 Å². The van der Waals surface area contributed by atoms with Crippen molar-refractivity contribution in [3.05, 3.63) is 33.1 Å². The van der Waals surface area contributed by atoms with E-state index in [0.29, 0.717) is 14.9 Å². The first-order chi connectivity index (χ1) is 9.43. The highest BCUT2D eigenvalue weighted by atomic mass is 35.5. The first-order valence-corrected chi connectivity index (χ1v) is 7.80. The molecule has 0 saturated carbocycles. The number of hydrogen-bond acceptors (Lipinski definition) is 3. The van der Waals surface area contributed by atoms with Gasteiger partial charge in [-0.1, -0.05) is 36.2 Å². The second-order valence-electron chi connectivity index (χ2n) is 4.81. The van der Waals surface area contributed by atoms with E-state index in [1.807, 2.05) is 19.9 Å². The molecule has 0 bridgehead atoms. The maximum atomic E-state index is 12.3. The molecule has 3 nitrogen and oxygen atoms in total. The van der Waals surface area contributed by atoms with Crippen LogP contribution in [0.25, 0.3) is 10.1 Å². The van der Waals surface area contributed by atoms with E-state index >= 15 is 0 Å². The van der Waals surface area contributed by atoms with E-state index in [1.54, 1.807) is 12.1 Å². The normalized spacial score (nSPS) is 14.2. The van der Waals surface area contributed by atoms with Gasteiger partial charge in [0, 0.05) is 27.8 Å². The van der Waals surface area contributed by atoms with Gasteiger partial charge in [0.15, 0.2) is 0 Å². The third-order valence-corrected chi connectivity index (χ3v) is 5.19. The number of nitrogens with one attached hydrogen (secondary N) is 1. The minimum Gasteiger partial charge on any atom is -0.396 e.